The highest BCUT2D eigenvalue weighted by molar-refractivity contribution is 7.09. The van der Waals surface area contributed by atoms with Crippen molar-refractivity contribution in [3.63, 3.8) is 0 Å². The quantitative estimate of drug-likeness (QED) is 0.873. The number of nitrogens with zero attached hydrogens (tertiary/aromatic N) is 2. The third kappa shape index (κ3) is 3.04. The van der Waals surface area contributed by atoms with Gasteiger partial charge in [0.2, 0.25) is 5.91 Å². The molecule has 1 aromatic heterocycles. The highest BCUT2D eigenvalue weighted by Crippen LogP contribution is 2.25. The molecular formula is C12H17N3OS. The van der Waals surface area contributed by atoms with Crippen molar-refractivity contribution in [3.8, 4) is 6.07 Å². The van der Waals surface area contributed by atoms with Crippen LogP contribution in [-0.2, 0) is 11.3 Å². The lowest BCUT2D eigenvalue weighted by molar-refractivity contribution is -0.128. The van der Waals surface area contributed by atoms with Crippen LogP contribution < -0.4 is 5.32 Å². The summed E-state index contributed by atoms with van der Waals surface area (Å²) in [6.45, 7) is 6.04. The Morgan fingerprint density at radius 3 is 2.65 bits per heavy atom. The summed E-state index contributed by atoms with van der Waals surface area (Å²) < 4.78 is 0. The van der Waals surface area contributed by atoms with Crippen LogP contribution in [-0.4, -0.2) is 10.9 Å². The van der Waals surface area contributed by atoms with Crippen LogP contribution in [0.5, 0.6) is 0 Å². The molecular weight excluding hydrogens is 234 g/mol. The van der Waals surface area contributed by atoms with Crippen molar-refractivity contribution in [3.05, 3.63) is 16.1 Å². The van der Waals surface area contributed by atoms with E-state index in [0.29, 0.717) is 19.4 Å². The molecule has 0 radical (unpaired) electrons. The molecule has 0 aromatic carbocycles. The Morgan fingerprint density at radius 1 is 1.59 bits per heavy atom. The van der Waals surface area contributed by atoms with Crippen molar-refractivity contribution in [2.24, 2.45) is 5.41 Å². The molecule has 1 N–H and O–H groups in total. The summed E-state index contributed by atoms with van der Waals surface area (Å²) in [5.41, 5.74) is 0.0588. The minimum absolute atomic E-state index is 0.196. The second-order valence-corrected chi connectivity index (χ2v) is 4.91. The number of hydrogen-bond acceptors (Lipinski definition) is 4. The van der Waals surface area contributed by atoms with Gasteiger partial charge in [-0.15, -0.1) is 11.3 Å². The van der Waals surface area contributed by atoms with Crippen molar-refractivity contribution in [1.29, 1.82) is 5.26 Å². The Kier molecular flexibility index (Phi) is 4.64. The van der Waals surface area contributed by atoms with Gasteiger partial charge < -0.3 is 5.32 Å². The number of nitriles is 1. The molecule has 0 saturated heterocycles. The van der Waals surface area contributed by atoms with E-state index in [4.69, 9.17) is 5.26 Å². The van der Waals surface area contributed by atoms with Crippen LogP contribution in [0.1, 0.15) is 37.4 Å². The largest absolute Gasteiger partial charge is 0.348 e. The normalized spacial score (nSPS) is 10.9. The number of aryl methyl sites for hydroxylation is 1. The van der Waals surface area contributed by atoms with Crippen molar-refractivity contribution < 1.29 is 4.79 Å². The van der Waals surface area contributed by atoms with E-state index in [1.807, 2.05) is 26.2 Å². The molecule has 92 valence electrons. The number of amides is 1. The number of carbonyl (C=O) groups excluding carboxylic acids is 1. The van der Waals surface area contributed by atoms with E-state index in [1.54, 1.807) is 0 Å². The maximum atomic E-state index is 12.0. The summed E-state index contributed by atoms with van der Waals surface area (Å²) in [4.78, 5) is 16.2. The maximum absolute atomic E-state index is 12.0. The van der Waals surface area contributed by atoms with Crippen LogP contribution in [0.2, 0.25) is 0 Å². The van der Waals surface area contributed by atoms with Gasteiger partial charge in [-0.25, -0.2) is 4.98 Å². The van der Waals surface area contributed by atoms with Crippen LogP contribution >= 0.6 is 11.3 Å². The average molecular weight is 251 g/mol. The van der Waals surface area contributed by atoms with Gasteiger partial charge in [0.1, 0.15) is 10.4 Å². The van der Waals surface area contributed by atoms with Crippen LogP contribution in [0.25, 0.3) is 0 Å². The first-order valence-electron chi connectivity index (χ1n) is 5.68. The molecule has 17 heavy (non-hydrogen) atoms. The van der Waals surface area contributed by atoms with Crippen molar-refractivity contribution in [2.45, 2.75) is 40.2 Å². The van der Waals surface area contributed by atoms with Gasteiger partial charge in [-0.1, -0.05) is 13.8 Å². The number of nitrogens with one attached hydrogen (secondary N) is 1. The molecule has 0 fully saturated rings. The average Bonchev–Trinajstić information content (AvgIpc) is 2.75. The molecule has 1 aromatic rings. The Labute approximate surface area is 106 Å². The van der Waals surface area contributed by atoms with Gasteiger partial charge in [0, 0.05) is 11.1 Å². The predicted octanol–water partition coefficient (Wildman–Crippen LogP) is 2.40. The van der Waals surface area contributed by atoms with E-state index in [1.165, 1.54) is 11.3 Å². The lowest BCUT2D eigenvalue weighted by Crippen LogP contribution is -2.38. The molecule has 0 aliphatic carbocycles. The highest BCUT2D eigenvalue weighted by Gasteiger charge is 2.34. The molecule has 1 heterocycles. The molecule has 0 atom stereocenters. The topological polar surface area (TPSA) is 65.8 Å². The third-order valence-electron chi connectivity index (χ3n) is 2.92. The summed E-state index contributed by atoms with van der Waals surface area (Å²) in [5, 5.41) is 14.7. The highest BCUT2D eigenvalue weighted by atomic mass is 32.1. The fraction of sp³-hybridized carbons (Fsp3) is 0.583. The van der Waals surface area contributed by atoms with Gasteiger partial charge in [0.15, 0.2) is 0 Å². The molecule has 0 spiro atoms. The van der Waals surface area contributed by atoms with Gasteiger partial charge in [-0.05, 0) is 19.8 Å². The summed E-state index contributed by atoms with van der Waals surface area (Å²) in [6.07, 6.45) is 1.06. The fourth-order valence-electron chi connectivity index (χ4n) is 1.59. The molecule has 0 aliphatic rings. The zero-order valence-electron chi connectivity index (χ0n) is 10.4. The number of thiazole rings is 1. The SMILES string of the molecule is CCC(C#N)(CC)C(=O)NCc1nc(C)cs1. The van der Waals surface area contributed by atoms with E-state index < -0.39 is 5.41 Å². The smallest absolute Gasteiger partial charge is 0.240 e. The third-order valence-corrected chi connectivity index (χ3v) is 3.89. The van der Waals surface area contributed by atoms with E-state index in [-0.39, 0.29) is 5.91 Å². The minimum Gasteiger partial charge on any atom is -0.348 e. The second kappa shape index (κ2) is 5.78. The predicted molar refractivity (Wildman–Crippen MR) is 67.3 cm³/mol. The lowest BCUT2D eigenvalue weighted by Gasteiger charge is -2.21. The monoisotopic (exact) mass is 251 g/mol. The number of hydrogen-bond donors (Lipinski definition) is 1. The van der Waals surface area contributed by atoms with Gasteiger partial charge in [0.25, 0.3) is 0 Å². The summed E-state index contributed by atoms with van der Waals surface area (Å²) >= 11 is 1.52. The van der Waals surface area contributed by atoms with E-state index in [0.717, 1.165) is 10.7 Å². The minimum atomic E-state index is -0.897. The molecule has 5 heteroatoms. The Hall–Kier alpha value is -1.41. The van der Waals surface area contributed by atoms with E-state index >= 15 is 0 Å². The molecule has 0 bridgehead atoms. The first-order chi connectivity index (χ1) is 8.07. The summed E-state index contributed by atoms with van der Waals surface area (Å²) in [7, 11) is 0. The van der Waals surface area contributed by atoms with E-state index in [2.05, 4.69) is 16.4 Å². The van der Waals surface area contributed by atoms with Gasteiger partial charge in [0.05, 0.1) is 12.6 Å². The van der Waals surface area contributed by atoms with Gasteiger partial charge in [-0.3, -0.25) is 4.79 Å². The Morgan fingerprint density at radius 2 is 2.24 bits per heavy atom. The zero-order valence-corrected chi connectivity index (χ0v) is 11.2. The zero-order chi connectivity index (χ0) is 12.9. The first-order valence-corrected chi connectivity index (χ1v) is 6.56. The lowest BCUT2D eigenvalue weighted by atomic mass is 9.83. The van der Waals surface area contributed by atoms with Gasteiger partial charge >= 0.3 is 0 Å². The Balaban J connectivity index is 2.63. The first kappa shape index (κ1) is 13.7. The molecule has 4 nitrogen and oxygen atoms in total. The summed E-state index contributed by atoms with van der Waals surface area (Å²) in [5.74, 6) is -0.196. The molecule has 0 aliphatic heterocycles. The second-order valence-electron chi connectivity index (χ2n) is 3.97. The maximum Gasteiger partial charge on any atom is 0.240 e. The van der Waals surface area contributed by atoms with Crippen LogP contribution in [0.4, 0.5) is 0 Å². The number of carbonyl (C=O) groups is 1. The van der Waals surface area contributed by atoms with Crippen LogP contribution in [0.3, 0.4) is 0 Å². The van der Waals surface area contributed by atoms with Gasteiger partial charge in [-0.2, -0.15) is 5.26 Å². The fourth-order valence-corrected chi connectivity index (χ4v) is 2.30. The van der Waals surface area contributed by atoms with Crippen molar-refractivity contribution in [2.75, 3.05) is 0 Å². The van der Waals surface area contributed by atoms with Crippen LogP contribution in [0, 0.1) is 23.7 Å². The van der Waals surface area contributed by atoms with Crippen molar-refractivity contribution >= 4 is 17.2 Å². The summed E-state index contributed by atoms with van der Waals surface area (Å²) in [6, 6.07) is 2.13. The molecule has 0 saturated carbocycles. The number of rotatable bonds is 5. The van der Waals surface area contributed by atoms with Crippen LogP contribution in [0.15, 0.2) is 5.38 Å². The molecule has 1 amide bonds. The van der Waals surface area contributed by atoms with Crippen molar-refractivity contribution in [1.82, 2.24) is 10.3 Å². The number of aromatic nitrogens is 1. The standard InChI is InChI=1S/C12H17N3OS/c1-4-12(5-2,8-13)11(16)14-6-10-15-9(3)7-17-10/h7H,4-6H2,1-3H3,(H,14,16). The Bertz CT molecular complexity index is 429. The molecule has 1 rings (SSSR count). The van der Waals surface area contributed by atoms with E-state index in [9.17, 15) is 4.79 Å². The molecule has 0 unspecified atom stereocenters.